The molecule has 5 heteroatoms. The summed E-state index contributed by atoms with van der Waals surface area (Å²) in [5.74, 6) is 0. The number of nitrogens with one attached hydrogen (secondary N) is 1. The van der Waals surface area contributed by atoms with Crippen molar-refractivity contribution in [2.45, 2.75) is 6.92 Å². The van der Waals surface area contributed by atoms with Gasteiger partial charge < -0.3 is 5.73 Å². The minimum Gasteiger partial charge on any atom is -0.375 e. The zero-order chi connectivity index (χ0) is 13.0. The first-order chi connectivity index (χ1) is 8.66. The smallest absolute Gasteiger partial charge is 0.184 e. The third-order valence-electron chi connectivity index (χ3n) is 2.34. The van der Waals surface area contributed by atoms with Crippen LogP contribution >= 0.6 is 23.6 Å². The van der Waals surface area contributed by atoms with Gasteiger partial charge in [0.1, 0.15) is 0 Å². The number of thiophene rings is 1. The molecule has 0 saturated carbocycles. The van der Waals surface area contributed by atoms with Gasteiger partial charge in [0.2, 0.25) is 0 Å². The second-order valence-electron chi connectivity index (χ2n) is 3.73. The number of aryl methyl sites for hydroxylation is 1. The minimum atomic E-state index is 0.163. The molecule has 0 bridgehead atoms. The lowest BCUT2D eigenvalue weighted by Crippen LogP contribution is -2.24. The molecule has 3 N–H and O–H groups in total. The van der Waals surface area contributed by atoms with Crippen molar-refractivity contribution in [1.82, 2.24) is 5.43 Å². The summed E-state index contributed by atoms with van der Waals surface area (Å²) < 4.78 is 0. The van der Waals surface area contributed by atoms with Gasteiger partial charge in [0, 0.05) is 20.9 Å². The van der Waals surface area contributed by atoms with Crippen LogP contribution in [0.1, 0.15) is 10.4 Å². The van der Waals surface area contributed by atoms with Gasteiger partial charge in [-0.2, -0.15) is 5.10 Å². The topological polar surface area (TPSA) is 50.4 Å². The number of thiocarbonyl (C=S) groups is 1. The normalized spacial score (nSPS) is 10.7. The number of rotatable bonds is 3. The van der Waals surface area contributed by atoms with Crippen LogP contribution in [0.2, 0.25) is 0 Å². The Morgan fingerprint density at radius 3 is 2.78 bits per heavy atom. The maximum atomic E-state index is 5.32. The van der Waals surface area contributed by atoms with E-state index in [0.29, 0.717) is 0 Å². The van der Waals surface area contributed by atoms with E-state index in [0.717, 1.165) is 11.1 Å². The summed E-state index contributed by atoms with van der Waals surface area (Å²) in [6, 6.07) is 12.3. The summed E-state index contributed by atoms with van der Waals surface area (Å²) in [5, 5.41) is 4.16. The summed E-state index contributed by atoms with van der Waals surface area (Å²) >= 11 is 6.46. The van der Waals surface area contributed by atoms with Crippen molar-refractivity contribution in [3.63, 3.8) is 0 Å². The van der Waals surface area contributed by atoms with Crippen LogP contribution in [0.4, 0.5) is 0 Å². The number of nitrogens with zero attached hydrogens (tertiary/aromatic N) is 1. The van der Waals surface area contributed by atoms with E-state index in [2.05, 4.69) is 35.7 Å². The third kappa shape index (κ3) is 3.15. The standard InChI is InChI=1S/C13H13N3S2/c1-9-6-7-12(18-9)11-5-3-2-4-10(11)8-15-16-13(14)17/h2-8H,1H3,(H3,14,16,17). The van der Waals surface area contributed by atoms with Crippen molar-refractivity contribution in [2.75, 3.05) is 0 Å². The second-order valence-corrected chi connectivity index (χ2v) is 5.46. The Bertz CT molecular complexity index is 587. The Balaban J connectivity index is 2.31. The first-order valence-electron chi connectivity index (χ1n) is 5.41. The van der Waals surface area contributed by atoms with Gasteiger partial charge in [-0.05, 0) is 31.3 Å². The van der Waals surface area contributed by atoms with Crippen molar-refractivity contribution >= 4 is 34.9 Å². The van der Waals surface area contributed by atoms with Gasteiger partial charge in [0.25, 0.3) is 0 Å². The van der Waals surface area contributed by atoms with Gasteiger partial charge in [0.05, 0.1) is 6.21 Å². The molecule has 2 aromatic rings. The van der Waals surface area contributed by atoms with E-state index in [4.69, 9.17) is 18.0 Å². The van der Waals surface area contributed by atoms with Crippen molar-refractivity contribution in [3.05, 3.63) is 46.8 Å². The van der Waals surface area contributed by atoms with Crippen molar-refractivity contribution in [3.8, 4) is 10.4 Å². The van der Waals surface area contributed by atoms with Crippen molar-refractivity contribution in [2.24, 2.45) is 10.8 Å². The number of benzene rings is 1. The summed E-state index contributed by atoms with van der Waals surface area (Å²) in [4.78, 5) is 2.52. The monoisotopic (exact) mass is 275 g/mol. The van der Waals surface area contributed by atoms with E-state index in [1.807, 2.05) is 18.2 Å². The molecule has 0 unspecified atom stereocenters. The van der Waals surface area contributed by atoms with E-state index >= 15 is 0 Å². The van der Waals surface area contributed by atoms with Crippen LogP contribution in [0.15, 0.2) is 41.5 Å². The van der Waals surface area contributed by atoms with E-state index in [-0.39, 0.29) is 5.11 Å². The Morgan fingerprint density at radius 1 is 1.33 bits per heavy atom. The minimum absolute atomic E-state index is 0.163. The van der Waals surface area contributed by atoms with Gasteiger partial charge in [0.15, 0.2) is 5.11 Å². The lowest BCUT2D eigenvalue weighted by Gasteiger charge is -2.02. The fourth-order valence-electron chi connectivity index (χ4n) is 1.58. The highest BCUT2D eigenvalue weighted by Gasteiger charge is 2.04. The molecule has 0 amide bonds. The molecule has 2 rings (SSSR count). The number of hydrogen-bond donors (Lipinski definition) is 2. The highest BCUT2D eigenvalue weighted by molar-refractivity contribution is 7.80. The van der Waals surface area contributed by atoms with Crippen LogP contribution in [0.3, 0.4) is 0 Å². The molecular weight excluding hydrogens is 262 g/mol. The third-order valence-corrected chi connectivity index (χ3v) is 3.47. The molecule has 0 saturated heterocycles. The fraction of sp³-hybridized carbons (Fsp3) is 0.0769. The van der Waals surface area contributed by atoms with Gasteiger partial charge in [-0.25, -0.2) is 0 Å². The predicted molar refractivity (Wildman–Crippen MR) is 82.0 cm³/mol. The maximum absolute atomic E-state index is 5.32. The zero-order valence-corrected chi connectivity index (χ0v) is 11.5. The van der Waals surface area contributed by atoms with E-state index in [1.165, 1.54) is 9.75 Å². The summed E-state index contributed by atoms with van der Waals surface area (Å²) in [6.45, 7) is 2.10. The van der Waals surface area contributed by atoms with E-state index in [1.54, 1.807) is 17.6 Å². The predicted octanol–water partition coefficient (Wildman–Crippen LogP) is 2.89. The second kappa shape index (κ2) is 5.75. The van der Waals surface area contributed by atoms with Crippen LogP contribution in [0.25, 0.3) is 10.4 Å². The van der Waals surface area contributed by atoms with Crippen molar-refractivity contribution < 1.29 is 0 Å². The Labute approximate surface area is 115 Å². The summed E-state index contributed by atoms with van der Waals surface area (Å²) in [6.07, 6.45) is 1.73. The van der Waals surface area contributed by atoms with Crippen LogP contribution < -0.4 is 11.2 Å². The maximum Gasteiger partial charge on any atom is 0.184 e. The molecule has 18 heavy (non-hydrogen) atoms. The van der Waals surface area contributed by atoms with E-state index < -0.39 is 0 Å². The number of hydrogen-bond acceptors (Lipinski definition) is 3. The Kier molecular flexibility index (Phi) is 4.07. The molecule has 3 nitrogen and oxygen atoms in total. The highest BCUT2D eigenvalue weighted by atomic mass is 32.1. The Morgan fingerprint density at radius 2 is 2.11 bits per heavy atom. The molecule has 0 aliphatic carbocycles. The summed E-state index contributed by atoms with van der Waals surface area (Å²) in [7, 11) is 0. The van der Waals surface area contributed by atoms with E-state index in [9.17, 15) is 0 Å². The Hall–Kier alpha value is -1.72. The average Bonchev–Trinajstić information content (AvgIpc) is 2.76. The van der Waals surface area contributed by atoms with Gasteiger partial charge in [-0.3, -0.25) is 5.43 Å². The van der Waals surface area contributed by atoms with Crippen LogP contribution in [-0.2, 0) is 0 Å². The van der Waals surface area contributed by atoms with Crippen LogP contribution in [0.5, 0.6) is 0 Å². The first-order valence-corrected chi connectivity index (χ1v) is 6.63. The molecule has 92 valence electrons. The lowest BCUT2D eigenvalue weighted by atomic mass is 10.1. The fourth-order valence-corrected chi connectivity index (χ4v) is 2.55. The SMILES string of the molecule is Cc1ccc(-c2ccccc2C=NNC(N)=S)s1. The van der Waals surface area contributed by atoms with Crippen LogP contribution in [-0.4, -0.2) is 11.3 Å². The molecular formula is C13H13N3S2. The number of hydrazone groups is 1. The molecule has 0 aliphatic rings. The highest BCUT2D eigenvalue weighted by Crippen LogP contribution is 2.29. The van der Waals surface area contributed by atoms with Crippen molar-refractivity contribution in [1.29, 1.82) is 0 Å². The largest absolute Gasteiger partial charge is 0.375 e. The number of nitrogens with two attached hydrogens (primary N) is 1. The quantitative estimate of drug-likeness (QED) is 0.514. The molecule has 0 radical (unpaired) electrons. The summed E-state index contributed by atoms with van der Waals surface area (Å²) in [5.41, 5.74) is 10.1. The molecule has 0 fully saturated rings. The average molecular weight is 275 g/mol. The lowest BCUT2D eigenvalue weighted by molar-refractivity contribution is 1.04. The molecule has 0 atom stereocenters. The van der Waals surface area contributed by atoms with Gasteiger partial charge in [-0.15, -0.1) is 11.3 Å². The van der Waals surface area contributed by atoms with Gasteiger partial charge in [-0.1, -0.05) is 24.3 Å². The molecule has 0 aliphatic heterocycles. The zero-order valence-electron chi connectivity index (χ0n) is 9.88. The molecule has 0 spiro atoms. The first kappa shape index (κ1) is 12.7. The van der Waals surface area contributed by atoms with Gasteiger partial charge >= 0.3 is 0 Å². The van der Waals surface area contributed by atoms with Crippen LogP contribution in [0, 0.1) is 6.92 Å². The molecule has 1 aromatic carbocycles. The molecule has 1 aromatic heterocycles. The molecule has 1 heterocycles.